The number of amides is 2. The third-order valence-electron chi connectivity index (χ3n) is 2.21. The molecule has 0 saturated carbocycles. The van der Waals surface area contributed by atoms with Gasteiger partial charge in [-0.05, 0) is 19.1 Å². The third kappa shape index (κ3) is 3.21. The number of hydrogen-bond donors (Lipinski definition) is 3. The maximum Gasteiger partial charge on any atom is 0.328 e. The van der Waals surface area contributed by atoms with E-state index in [2.05, 4.69) is 5.32 Å². The van der Waals surface area contributed by atoms with E-state index in [1.165, 1.54) is 13.1 Å². The van der Waals surface area contributed by atoms with Crippen LogP contribution in [0.5, 0.6) is 5.75 Å². The molecule has 1 aromatic carbocycles. The molecule has 0 heterocycles. The van der Waals surface area contributed by atoms with E-state index >= 15 is 0 Å². The fraction of sp³-hybridized carbons (Fsp3) is 0.273. The highest BCUT2D eigenvalue weighted by Crippen LogP contribution is 2.40. The van der Waals surface area contributed by atoms with Gasteiger partial charge < -0.3 is 15.8 Å². The Bertz CT molecular complexity index is 508. The number of benzene rings is 1. The van der Waals surface area contributed by atoms with Crippen LogP contribution < -0.4 is 20.7 Å². The molecule has 1 aromatic rings. The van der Waals surface area contributed by atoms with Crippen LogP contribution in [0.25, 0.3) is 0 Å². The van der Waals surface area contributed by atoms with Crippen LogP contribution in [0.2, 0.25) is 10.0 Å². The van der Waals surface area contributed by atoms with Crippen LogP contribution in [0.4, 0.5) is 10.5 Å². The van der Waals surface area contributed by atoms with Crippen molar-refractivity contribution in [2.45, 2.75) is 6.92 Å². The number of hydrogen-bond acceptors (Lipinski definition) is 3. The van der Waals surface area contributed by atoms with Crippen molar-refractivity contribution in [1.82, 2.24) is 5.32 Å². The molecule has 0 saturated heterocycles. The van der Waals surface area contributed by atoms with Gasteiger partial charge in [0.1, 0.15) is 10.8 Å². The highest BCUT2D eigenvalue weighted by atomic mass is 35.5. The van der Waals surface area contributed by atoms with E-state index in [0.29, 0.717) is 12.4 Å². The number of halogens is 2. The van der Waals surface area contributed by atoms with Gasteiger partial charge in [-0.25, -0.2) is 9.69 Å². The Hall–Kier alpha value is -1.66. The Morgan fingerprint density at radius 2 is 2.16 bits per heavy atom. The zero-order valence-corrected chi connectivity index (χ0v) is 12.0. The summed E-state index contributed by atoms with van der Waals surface area (Å²) in [7, 11) is 1.41. The molecular formula is C11H14Cl2N4O2. The fourth-order valence-corrected chi connectivity index (χ4v) is 2.03. The summed E-state index contributed by atoms with van der Waals surface area (Å²) in [5.41, 5.74) is 5.51. The van der Waals surface area contributed by atoms with Crippen LogP contribution in [-0.2, 0) is 0 Å². The molecule has 0 bridgehead atoms. The second-order valence-corrected chi connectivity index (χ2v) is 4.20. The standard InChI is InChI=1S/C11H14Cl2N4O2/c1-3-19-7-5-4-6(12)9(8(7)13)17(10(14)15)11(18)16-2/h4-5H,3H2,1-2H3,(H3,14,15)(H,16,18). The molecule has 8 heteroatoms. The normalized spacial score (nSPS) is 9.89. The predicted molar refractivity (Wildman–Crippen MR) is 76.5 cm³/mol. The second-order valence-electron chi connectivity index (χ2n) is 3.42. The number of guanidine groups is 1. The first-order valence-corrected chi connectivity index (χ1v) is 6.16. The molecule has 0 unspecified atom stereocenters. The topological polar surface area (TPSA) is 91.4 Å². The van der Waals surface area contributed by atoms with E-state index < -0.39 is 12.0 Å². The summed E-state index contributed by atoms with van der Waals surface area (Å²) in [4.78, 5) is 12.6. The minimum absolute atomic E-state index is 0.112. The maximum atomic E-state index is 11.8. The van der Waals surface area contributed by atoms with Crippen molar-refractivity contribution in [3.8, 4) is 5.75 Å². The van der Waals surface area contributed by atoms with Gasteiger partial charge in [-0.1, -0.05) is 23.2 Å². The van der Waals surface area contributed by atoms with Gasteiger partial charge in [-0.3, -0.25) is 5.41 Å². The molecule has 19 heavy (non-hydrogen) atoms. The Kier molecular flexibility index (Phi) is 5.26. The van der Waals surface area contributed by atoms with Crippen molar-refractivity contribution >= 4 is 40.9 Å². The summed E-state index contributed by atoms with van der Waals surface area (Å²) in [6, 6.07) is 2.48. The van der Waals surface area contributed by atoms with Gasteiger partial charge in [0.2, 0.25) is 5.96 Å². The van der Waals surface area contributed by atoms with Crippen LogP contribution in [0.15, 0.2) is 12.1 Å². The lowest BCUT2D eigenvalue weighted by atomic mass is 10.2. The Morgan fingerprint density at radius 1 is 1.53 bits per heavy atom. The van der Waals surface area contributed by atoms with Crippen LogP contribution >= 0.6 is 23.2 Å². The lowest BCUT2D eigenvalue weighted by Gasteiger charge is -2.23. The average molecular weight is 305 g/mol. The summed E-state index contributed by atoms with van der Waals surface area (Å²) in [6.07, 6.45) is 0. The Balaban J connectivity index is 3.41. The van der Waals surface area contributed by atoms with Crippen LogP contribution in [0.1, 0.15) is 6.92 Å². The van der Waals surface area contributed by atoms with Crippen LogP contribution in [0.3, 0.4) is 0 Å². The largest absolute Gasteiger partial charge is 0.492 e. The quantitative estimate of drug-likeness (QED) is 0.591. The van der Waals surface area contributed by atoms with Crippen molar-refractivity contribution in [1.29, 1.82) is 5.41 Å². The van der Waals surface area contributed by atoms with Gasteiger partial charge in [0.25, 0.3) is 0 Å². The van der Waals surface area contributed by atoms with E-state index in [-0.39, 0.29) is 15.7 Å². The second kappa shape index (κ2) is 6.49. The summed E-state index contributed by atoms with van der Waals surface area (Å²) >= 11 is 12.2. The van der Waals surface area contributed by atoms with Crippen molar-refractivity contribution < 1.29 is 9.53 Å². The van der Waals surface area contributed by atoms with Crippen molar-refractivity contribution in [2.24, 2.45) is 5.73 Å². The number of anilines is 1. The number of carbonyl (C=O) groups is 1. The van der Waals surface area contributed by atoms with Gasteiger partial charge in [-0.2, -0.15) is 0 Å². The van der Waals surface area contributed by atoms with Crippen LogP contribution in [0, 0.1) is 5.41 Å². The predicted octanol–water partition coefficient (Wildman–Crippen LogP) is 2.43. The molecule has 0 aliphatic carbocycles. The Morgan fingerprint density at radius 3 is 2.63 bits per heavy atom. The number of carbonyl (C=O) groups excluding carboxylic acids is 1. The average Bonchev–Trinajstić information content (AvgIpc) is 2.36. The maximum absolute atomic E-state index is 11.8. The van der Waals surface area contributed by atoms with E-state index in [9.17, 15) is 4.79 Å². The minimum Gasteiger partial charge on any atom is -0.492 e. The number of nitrogens with one attached hydrogen (secondary N) is 2. The van der Waals surface area contributed by atoms with Gasteiger partial charge >= 0.3 is 6.03 Å². The highest BCUT2D eigenvalue weighted by Gasteiger charge is 2.25. The van der Waals surface area contributed by atoms with Gasteiger partial charge in [0, 0.05) is 7.05 Å². The van der Waals surface area contributed by atoms with Crippen molar-refractivity contribution in [2.75, 3.05) is 18.6 Å². The lowest BCUT2D eigenvalue weighted by Crippen LogP contribution is -2.46. The van der Waals surface area contributed by atoms with E-state index in [1.807, 2.05) is 0 Å². The summed E-state index contributed by atoms with van der Waals surface area (Å²) in [5.74, 6) is -0.143. The number of ether oxygens (including phenoxy) is 1. The fourth-order valence-electron chi connectivity index (χ4n) is 1.44. The molecule has 0 aliphatic rings. The van der Waals surface area contributed by atoms with E-state index in [0.717, 1.165) is 4.90 Å². The number of urea groups is 1. The summed E-state index contributed by atoms with van der Waals surface area (Å²) in [6.45, 7) is 2.20. The monoisotopic (exact) mass is 304 g/mol. The molecule has 4 N–H and O–H groups in total. The molecular weight excluding hydrogens is 291 g/mol. The van der Waals surface area contributed by atoms with Gasteiger partial charge in [-0.15, -0.1) is 0 Å². The lowest BCUT2D eigenvalue weighted by molar-refractivity contribution is 0.251. The van der Waals surface area contributed by atoms with Crippen molar-refractivity contribution in [3.63, 3.8) is 0 Å². The summed E-state index contributed by atoms with van der Waals surface area (Å²) in [5, 5.41) is 10.1. The molecule has 2 amide bonds. The first kappa shape index (κ1) is 15.4. The Labute approximate surface area is 120 Å². The zero-order chi connectivity index (χ0) is 14.6. The van der Waals surface area contributed by atoms with Gasteiger partial charge in [0.05, 0.1) is 17.3 Å². The first-order valence-electron chi connectivity index (χ1n) is 5.40. The molecule has 104 valence electrons. The number of nitrogens with zero attached hydrogens (tertiary/aromatic N) is 1. The first-order chi connectivity index (χ1) is 8.93. The molecule has 1 rings (SSSR count). The molecule has 0 aliphatic heterocycles. The molecule has 0 radical (unpaired) electrons. The van der Waals surface area contributed by atoms with Gasteiger partial charge in [0.15, 0.2) is 0 Å². The van der Waals surface area contributed by atoms with Crippen molar-refractivity contribution in [3.05, 3.63) is 22.2 Å². The minimum atomic E-state index is -0.620. The van der Waals surface area contributed by atoms with E-state index in [1.54, 1.807) is 13.0 Å². The highest BCUT2D eigenvalue weighted by molar-refractivity contribution is 6.42. The van der Waals surface area contributed by atoms with Crippen LogP contribution in [-0.4, -0.2) is 25.6 Å². The zero-order valence-electron chi connectivity index (χ0n) is 10.5. The van der Waals surface area contributed by atoms with E-state index in [4.69, 9.17) is 39.1 Å². The SMILES string of the molecule is CCOc1ccc(Cl)c(N(C(=N)N)C(=O)NC)c1Cl. The molecule has 0 spiro atoms. The number of nitrogens with two attached hydrogens (primary N) is 1. The smallest absolute Gasteiger partial charge is 0.328 e. The number of rotatable bonds is 3. The molecule has 0 atom stereocenters. The third-order valence-corrected chi connectivity index (χ3v) is 2.88. The summed E-state index contributed by atoms with van der Waals surface area (Å²) < 4.78 is 5.32. The molecule has 6 nitrogen and oxygen atoms in total. The molecule has 0 aromatic heterocycles. The molecule has 0 fully saturated rings.